The van der Waals surface area contributed by atoms with Crippen LogP contribution in [0.3, 0.4) is 0 Å². The molecular weight excluding hydrogens is 283 g/mol. The predicted octanol–water partition coefficient (Wildman–Crippen LogP) is 4.33. The van der Waals surface area contributed by atoms with E-state index in [4.69, 9.17) is 0 Å². The Hall–Kier alpha value is -1.39. The highest BCUT2D eigenvalue weighted by atomic mass is 32.1. The first-order chi connectivity index (χ1) is 10.2. The number of anilines is 1. The number of rotatable bonds is 7. The second kappa shape index (κ2) is 7.57. The van der Waals surface area contributed by atoms with Crippen LogP contribution in [-0.2, 0) is 13.1 Å². The minimum Gasteiger partial charge on any atom is -0.365 e. The van der Waals surface area contributed by atoms with Gasteiger partial charge in [0.05, 0.1) is 5.69 Å². The molecule has 2 aromatic rings. The van der Waals surface area contributed by atoms with Gasteiger partial charge in [-0.15, -0.1) is 11.3 Å². The Balaban J connectivity index is 2.15. The molecule has 21 heavy (non-hydrogen) atoms. The summed E-state index contributed by atoms with van der Waals surface area (Å²) in [5.41, 5.74) is 1.97. The molecule has 0 fully saturated rings. The van der Waals surface area contributed by atoms with Gasteiger partial charge in [-0.05, 0) is 44.2 Å². The smallest absolute Gasteiger partial charge is 0.146 e. The summed E-state index contributed by atoms with van der Waals surface area (Å²) in [5, 5.41) is 3.35. The standard InChI is InChI=1S/C17H23FN2S/c1-4-19-11-15-10-14(13(3)21-15)12-20(5-2)17-9-7-6-8-16(17)18/h6-10,19H,4-5,11-12H2,1-3H3. The van der Waals surface area contributed by atoms with Crippen LogP contribution in [0.2, 0.25) is 0 Å². The molecule has 0 spiro atoms. The quantitative estimate of drug-likeness (QED) is 0.819. The summed E-state index contributed by atoms with van der Waals surface area (Å²) in [6.07, 6.45) is 0. The van der Waals surface area contributed by atoms with Crippen LogP contribution in [0.1, 0.15) is 29.2 Å². The number of nitrogens with zero attached hydrogens (tertiary/aromatic N) is 1. The number of thiophene rings is 1. The summed E-state index contributed by atoms with van der Waals surface area (Å²) < 4.78 is 14.0. The maximum absolute atomic E-state index is 14.0. The van der Waals surface area contributed by atoms with Gasteiger partial charge >= 0.3 is 0 Å². The number of aryl methyl sites for hydroxylation is 1. The first-order valence-corrected chi connectivity index (χ1v) is 8.25. The zero-order chi connectivity index (χ0) is 15.2. The summed E-state index contributed by atoms with van der Waals surface area (Å²) in [5.74, 6) is -0.153. The van der Waals surface area contributed by atoms with Gasteiger partial charge in [0.1, 0.15) is 5.82 Å². The lowest BCUT2D eigenvalue weighted by atomic mass is 10.2. The third-order valence-electron chi connectivity index (χ3n) is 3.56. The highest BCUT2D eigenvalue weighted by molar-refractivity contribution is 7.12. The van der Waals surface area contributed by atoms with Crippen LogP contribution in [0, 0.1) is 12.7 Å². The highest BCUT2D eigenvalue weighted by Gasteiger charge is 2.13. The SMILES string of the molecule is CCNCc1cc(CN(CC)c2ccccc2F)c(C)s1. The number of hydrogen-bond acceptors (Lipinski definition) is 3. The molecule has 0 unspecified atom stereocenters. The van der Waals surface area contributed by atoms with Crippen LogP contribution in [0.5, 0.6) is 0 Å². The maximum Gasteiger partial charge on any atom is 0.146 e. The van der Waals surface area contributed by atoms with E-state index in [0.29, 0.717) is 5.69 Å². The molecule has 1 aromatic heterocycles. The van der Waals surface area contributed by atoms with Crippen molar-refractivity contribution in [1.82, 2.24) is 5.32 Å². The Bertz CT molecular complexity index is 580. The second-order valence-corrected chi connectivity index (χ2v) is 6.38. The molecule has 1 aromatic carbocycles. The van der Waals surface area contributed by atoms with Crippen LogP contribution in [0.15, 0.2) is 30.3 Å². The van der Waals surface area contributed by atoms with Gasteiger partial charge in [-0.1, -0.05) is 19.1 Å². The number of halogens is 1. The average Bonchev–Trinajstić information content (AvgIpc) is 2.83. The Labute approximate surface area is 130 Å². The van der Waals surface area contributed by atoms with E-state index in [1.54, 1.807) is 6.07 Å². The fraction of sp³-hybridized carbons (Fsp3) is 0.412. The van der Waals surface area contributed by atoms with Crippen molar-refractivity contribution >= 4 is 17.0 Å². The van der Waals surface area contributed by atoms with E-state index in [1.807, 2.05) is 23.5 Å². The van der Waals surface area contributed by atoms with E-state index >= 15 is 0 Å². The lowest BCUT2D eigenvalue weighted by molar-refractivity contribution is 0.618. The van der Waals surface area contributed by atoms with Gasteiger partial charge in [0.15, 0.2) is 0 Å². The molecule has 1 heterocycles. The van der Waals surface area contributed by atoms with Crippen LogP contribution >= 0.6 is 11.3 Å². The van der Waals surface area contributed by atoms with Gasteiger partial charge in [-0.2, -0.15) is 0 Å². The maximum atomic E-state index is 14.0. The summed E-state index contributed by atoms with van der Waals surface area (Å²) >= 11 is 1.82. The molecule has 4 heteroatoms. The molecule has 1 N–H and O–H groups in total. The van der Waals surface area contributed by atoms with E-state index in [9.17, 15) is 4.39 Å². The second-order valence-electron chi connectivity index (χ2n) is 5.04. The van der Waals surface area contributed by atoms with E-state index in [0.717, 1.165) is 26.2 Å². The molecule has 0 aliphatic heterocycles. The molecule has 0 radical (unpaired) electrons. The summed E-state index contributed by atoms with van der Waals surface area (Å²) in [6.45, 7) is 9.75. The average molecular weight is 306 g/mol. The van der Waals surface area contributed by atoms with Gasteiger partial charge < -0.3 is 10.2 Å². The van der Waals surface area contributed by atoms with Gasteiger partial charge in [0, 0.05) is 29.4 Å². The van der Waals surface area contributed by atoms with Crippen LogP contribution in [0.25, 0.3) is 0 Å². The largest absolute Gasteiger partial charge is 0.365 e. The van der Waals surface area contributed by atoms with E-state index < -0.39 is 0 Å². The molecule has 2 rings (SSSR count). The van der Waals surface area contributed by atoms with Gasteiger partial charge in [0.2, 0.25) is 0 Å². The summed E-state index contributed by atoms with van der Waals surface area (Å²) in [7, 11) is 0. The van der Waals surface area contributed by atoms with Crippen molar-refractivity contribution in [3.8, 4) is 0 Å². The Kier molecular flexibility index (Phi) is 5.76. The summed E-state index contributed by atoms with van der Waals surface area (Å²) in [4.78, 5) is 4.74. The predicted molar refractivity (Wildman–Crippen MR) is 89.6 cm³/mol. The van der Waals surface area contributed by atoms with Crippen molar-refractivity contribution in [2.24, 2.45) is 0 Å². The number of hydrogen-bond donors (Lipinski definition) is 1. The van der Waals surface area contributed by atoms with Crippen LogP contribution in [0.4, 0.5) is 10.1 Å². The van der Waals surface area contributed by atoms with Crippen molar-refractivity contribution < 1.29 is 4.39 Å². The molecule has 2 nitrogen and oxygen atoms in total. The van der Waals surface area contributed by atoms with Gasteiger partial charge in [0.25, 0.3) is 0 Å². The zero-order valence-corrected chi connectivity index (χ0v) is 13.8. The zero-order valence-electron chi connectivity index (χ0n) is 12.9. The number of para-hydroxylation sites is 1. The van der Waals surface area contributed by atoms with Crippen LogP contribution in [-0.4, -0.2) is 13.1 Å². The topological polar surface area (TPSA) is 15.3 Å². The first kappa shape index (κ1) is 16.0. The fourth-order valence-corrected chi connectivity index (χ4v) is 3.38. The Morgan fingerprint density at radius 1 is 1.24 bits per heavy atom. The lowest BCUT2D eigenvalue weighted by Gasteiger charge is -2.23. The van der Waals surface area contributed by atoms with Gasteiger partial charge in [-0.25, -0.2) is 4.39 Å². The monoisotopic (exact) mass is 306 g/mol. The van der Waals surface area contributed by atoms with Crippen molar-refractivity contribution in [2.45, 2.75) is 33.9 Å². The van der Waals surface area contributed by atoms with Crippen molar-refractivity contribution in [1.29, 1.82) is 0 Å². The highest BCUT2D eigenvalue weighted by Crippen LogP contribution is 2.26. The minimum absolute atomic E-state index is 0.153. The third kappa shape index (κ3) is 4.05. The normalized spacial score (nSPS) is 10.9. The molecule has 0 aliphatic rings. The fourth-order valence-electron chi connectivity index (χ4n) is 2.36. The van der Waals surface area contributed by atoms with Crippen molar-refractivity contribution in [3.63, 3.8) is 0 Å². The molecule has 0 atom stereocenters. The molecular formula is C17H23FN2S. The molecule has 0 saturated carbocycles. The van der Waals surface area contributed by atoms with Crippen molar-refractivity contribution in [2.75, 3.05) is 18.0 Å². The van der Waals surface area contributed by atoms with Gasteiger partial charge in [-0.3, -0.25) is 0 Å². The molecule has 0 amide bonds. The molecule has 114 valence electrons. The minimum atomic E-state index is -0.153. The number of benzene rings is 1. The van der Waals surface area contributed by atoms with Crippen LogP contribution < -0.4 is 10.2 Å². The third-order valence-corrected chi connectivity index (χ3v) is 4.65. The first-order valence-electron chi connectivity index (χ1n) is 7.44. The summed E-state index contributed by atoms with van der Waals surface area (Å²) in [6, 6.07) is 9.23. The molecule has 0 aliphatic carbocycles. The Morgan fingerprint density at radius 2 is 2.00 bits per heavy atom. The van der Waals surface area contributed by atoms with E-state index in [-0.39, 0.29) is 5.82 Å². The van der Waals surface area contributed by atoms with E-state index in [1.165, 1.54) is 21.4 Å². The van der Waals surface area contributed by atoms with Crippen molar-refractivity contribution in [3.05, 3.63) is 51.5 Å². The number of nitrogens with one attached hydrogen (secondary N) is 1. The lowest BCUT2D eigenvalue weighted by Crippen LogP contribution is -2.23. The molecule has 0 bridgehead atoms. The molecule has 0 saturated heterocycles. The van der Waals surface area contributed by atoms with E-state index in [2.05, 4.69) is 37.1 Å². The Morgan fingerprint density at radius 3 is 2.67 bits per heavy atom.